The molecule has 1 aromatic rings. The van der Waals surface area contributed by atoms with Crippen molar-refractivity contribution in [2.75, 3.05) is 31.3 Å². The third kappa shape index (κ3) is 2.55. The molecular weight excluding hydrogens is 230 g/mol. The van der Waals surface area contributed by atoms with Crippen molar-refractivity contribution in [3.05, 3.63) is 17.8 Å². The van der Waals surface area contributed by atoms with Gasteiger partial charge in [0, 0.05) is 13.6 Å². The van der Waals surface area contributed by atoms with Crippen LogP contribution < -0.4 is 10.6 Å². The second-order valence-electron chi connectivity index (χ2n) is 4.80. The molecule has 1 aliphatic carbocycles. The van der Waals surface area contributed by atoms with Gasteiger partial charge in [-0.1, -0.05) is 6.42 Å². The Bertz CT molecular complexity index is 444. The largest absolute Gasteiger partial charge is 0.465 e. The number of nitrogens with two attached hydrogens (primary N) is 1. The van der Waals surface area contributed by atoms with Crippen molar-refractivity contribution in [2.24, 2.45) is 5.92 Å². The van der Waals surface area contributed by atoms with Gasteiger partial charge in [0.25, 0.3) is 0 Å². The Labute approximate surface area is 107 Å². The minimum atomic E-state index is -0.423. The Hall–Kier alpha value is -1.78. The molecule has 0 atom stereocenters. The molecule has 0 bridgehead atoms. The third-order valence-corrected chi connectivity index (χ3v) is 3.47. The van der Waals surface area contributed by atoms with E-state index < -0.39 is 5.97 Å². The van der Waals surface area contributed by atoms with E-state index in [0.29, 0.717) is 11.3 Å². The van der Waals surface area contributed by atoms with E-state index in [1.54, 1.807) is 6.07 Å². The van der Waals surface area contributed by atoms with Crippen LogP contribution in [0.15, 0.2) is 12.3 Å². The predicted octanol–water partition coefficient (Wildman–Crippen LogP) is 1.69. The van der Waals surface area contributed by atoms with Gasteiger partial charge in [0.15, 0.2) is 0 Å². The SMILES string of the molecule is COC(=O)c1cc(N(C)CC2CCC2)ncc1N. The first kappa shape index (κ1) is 12.7. The number of nitrogens with zero attached hydrogens (tertiary/aromatic N) is 2. The van der Waals surface area contributed by atoms with Gasteiger partial charge in [0.05, 0.1) is 24.6 Å². The number of carbonyl (C=O) groups excluding carboxylic acids is 1. The van der Waals surface area contributed by atoms with E-state index in [0.717, 1.165) is 18.3 Å². The first-order valence-corrected chi connectivity index (χ1v) is 6.16. The highest BCUT2D eigenvalue weighted by Crippen LogP contribution is 2.28. The number of pyridine rings is 1. The molecule has 0 aromatic carbocycles. The molecule has 1 heterocycles. The number of rotatable bonds is 4. The Balaban J connectivity index is 2.14. The third-order valence-electron chi connectivity index (χ3n) is 3.47. The van der Waals surface area contributed by atoms with E-state index in [1.807, 2.05) is 7.05 Å². The van der Waals surface area contributed by atoms with E-state index >= 15 is 0 Å². The average molecular weight is 249 g/mol. The standard InChI is InChI=1S/C13H19N3O2/c1-16(8-9-4-3-5-9)12-6-10(13(17)18-2)11(14)7-15-12/h6-7,9H,3-5,8,14H2,1-2H3. The quantitative estimate of drug-likeness (QED) is 0.822. The smallest absolute Gasteiger partial charge is 0.340 e. The topological polar surface area (TPSA) is 68.5 Å². The maximum absolute atomic E-state index is 11.6. The molecule has 0 saturated heterocycles. The summed E-state index contributed by atoms with van der Waals surface area (Å²) in [5, 5.41) is 0. The second kappa shape index (κ2) is 5.25. The van der Waals surface area contributed by atoms with Crippen LogP contribution in [0.25, 0.3) is 0 Å². The first-order valence-electron chi connectivity index (χ1n) is 6.16. The molecule has 1 aliphatic rings. The molecule has 5 nitrogen and oxygen atoms in total. The molecule has 2 N–H and O–H groups in total. The van der Waals surface area contributed by atoms with E-state index in [2.05, 4.69) is 9.88 Å². The average Bonchev–Trinajstić information content (AvgIpc) is 2.33. The van der Waals surface area contributed by atoms with Crippen LogP contribution in [0.5, 0.6) is 0 Å². The van der Waals surface area contributed by atoms with Crippen molar-refractivity contribution in [3.8, 4) is 0 Å². The summed E-state index contributed by atoms with van der Waals surface area (Å²) in [5.74, 6) is 1.08. The van der Waals surface area contributed by atoms with E-state index in [1.165, 1.54) is 32.6 Å². The second-order valence-corrected chi connectivity index (χ2v) is 4.80. The van der Waals surface area contributed by atoms with Crippen molar-refractivity contribution in [1.82, 2.24) is 4.98 Å². The van der Waals surface area contributed by atoms with Gasteiger partial charge in [-0.05, 0) is 24.8 Å². The summed E-state index contributed by atoms with van der Waals surface area (Å²) in [6.45, 7) is 0.970. The number of methoxy groups -OCH3 is 1. The van der Waals surface area contributed by atoms with Crippen LogP contribution in [0.2, 0.25) is 0 Å². The van der Waals surface area contributed by atoms with Gasteiger partial charge >= 0.3 is 5.97 Å². The number of ether oxygens (including phenoxy) is 1. The van der Waals surface area contributed by atoms with Crippen molar-refractivity contribution in [3.63, 3.8) is 0 Å². The monoisotopic (exact) mass is 249 g/mol. The van der Waals surface area contributed by atoms with Crippen LogP contribution in [0.3, 0.4) is 0 Å². The molecule has 0 radical (unpaired) electrons. The molecule has 1 fully saturated rings. The minimum absolute atomic E-state index is 0.350. The Morgan fingerprint density at radius 1 is 1.61 bits per heavy atom. The van der Waals surface area contributed by atoms with Crippen molar-refractivity contribution in [2.45, 2.75) is 19.3 Å². The maximum atomic E-state index is 11.6. The lowest BCUT2D eigenvalue weighted by atomic mass is 9.85. The van der Waals surface area contributed by atoms with Crippen LogP contribution in [-0.4, -0.2) is 31.7 Å². The molecule has 0 aliphatic heterocycles. The molecule has 0 spiro atoms. The van der Waals surface area contributed by atoms with Crippen LogP contribution in [0, 0.1) is 5.92 Å². The summed E-state index contributed by atoms with van der Waals surface area (Å²) in [5.41, 5.74) is 6.45. The summed E-state index contributed by atoms with van der Waals surface area (Å²) in [6, 6.07) is 1.69. The van der Waals surface area contributed by atoms with Gasteiger partial charge < -0.3 is 15.4 Å². The zero-order chi connectivity index (χ0) is 13.1. The number of anilines is 2. The van der Waals surface area contributed by atoms with Crippen LogP contribution in [0.4, 0.5) is 11.5 Å². The Kier molecular flexibility index (Phi) is 3.69. The summed E-state index contributed by atoms with van der Waals surface area (Å²) in [4.78, 5) is 17.9. The lowest BCUT2D eigenvalue weighted by Crippen LogP contribution is -2.30. The summed E-state index contributed by atoms with van der Waals surface area (Å²) >= 11 is 0. The minimum Gasteiger partial charge on any atom is -0.465 e. The number of hydrogen-bond acceptors (Lipinski definition) is 5. The maximum Gasteiger partial charge on any atom is 0.340 e. The number of hydrogen-bond donors (Lipinski definition) is 1. The fourth-order valence-corrected chi connectivity index (χ4v) is 2.11. The molecule has 0 amide bonds. The lowest BCUT2D eigenvalue weighted by molar-refractivity contribution is 0.0602. The fraction of sp³-hybridized carbons (Fsp3) is 0.538. The molecular formula is C13H19N3O2. The number of esters is 1. The van der Waals surface area contributed by atoms with Crippen molar-refractivity contribution >= 4 is 17.5 Å². The fourth-order valence-electron chi connectivity index (χ4n) is 2.11. The Morgan fingerprint density at radius 3 is 2.89 bits per heavy atom. The molecule has 0 unspecified atom stereocenters. The van der Waals surface area contributed by atoms with Crippen LogP contribution in [0.1, 0.15) is 29.6 Å². The highest BCUT2D eigenvalue weighted by Gasteiger charge is 2.20. The summed E-state index contributed by atoms with van der Waals surface area (Å²) in [7, 11) is 3.33. The van der Waals surface area contributed by atoms with Gasteiger partial charge in [-0.2, -0.15) is 0 Å². The first-order chi connectivity index (χ1) is 8.61. The van der Waals surface area contributed by atoms with Gasteiger partial charge in [-0.25, -0.2) is 9.78 Å². The Morgan fingerprint density at radius 2 is 2.33 bits per heavy atom. The molecule has 1 saturated carbocycles. The molecule has 1 aromatic heterocycles. The van der Waals surface area contributed by atoms with Crippen LogP contribution in [-0.2, 0) is 4.74 Å². The number of aromatic nitrogens is 1. The molecule has 5 heteroatoms. The van der Waals surface area contributed by atoms with Gasteiger partial charge in [-0.3, -0.25) is 0 Å². The number of nitrogen functional groups attached to an aromatic ring is 1. The predicted molar refractivity (Wildman–Crippen MR) is 70.6 cm³/mol. The number of carbonyl (C=O) groups is 1. The van der Waals surface area contributed by atoms with E-state index in [9.17, 15) is 4.79 Å². The lowest BCUT2D eigenvalue weighted by Gasteiger charge is -2.30. The van der Waals surface area contributed by atoms with Gasteiger partial charge in [-0.15, -0.1) is 0 Å². The van der Waals surface area contributed by atoms with E-state index in [4.69, 9.17) is 10.5 Å². The van der Waals surface area contributed by atoms with Crippen molar-refractivity contribution < 1.29 is 9.53 Å². The molecule has 18 heavy (non-hydrogen) atoms. The highest BCUT2D eigenvalue weighted by molar-refractivity contribution is 5.95. The summed E-state index contributed by atoms with van der Waals surface area (Å²) in [6.07, 6.45) is 5.40. The van der Waals surface area contributed by atoms with Gasteiger partial charge in [0.2, 0.25) is 0 Å². The van der Waals surface area contributed by atoms with Gasteiger partial charge in [0.1, 0.15) is 5.82 Å². The zero-order valence-electron chi connectivity index (χ0n) is 10.8. The van der Waals surface area contributed by atoms with Crippen LogP contribution >= 0.6 is 0 Å². The van der Waals surface area contributed by atoms with Crippen molar-refractivity contribution in [1.29, 1.82) is 0 Å². The van der Waals surface area contributed by atoms with E-state index in [-0.39, 0.29) is 0 Å². The zero-order valence-corrected chi connectivity index (χ0v) is 10.8. The molecule has 98 valence electrons. The summed E-state index contributed by atoms with van der Waals surface area (Å²) < 4.78 is 4.70. The normalized spacial score (nSPS) is 15.0. The highest BCUT2D eigenvalue weighted by atomic mass is 16.5. The molecule has 2 rings (SSSR count).